The summed E-state index contributed by atoms with van der Waals surface area (Å²) in [5.74, 6) is 2.84. The predicted octanol–water partition coefficient (Wildman–Crippen LogP) is 1.05. The molecule has 0 spiro atoms. The van der Waals surface area contributed by atoms with Gasteiger partial charge in [0.2, 0.25) is 5.91 Å². The van der Waals surface area contributed by atoms with Crippen molar-refractivity contribution in [2.24, 2.45) is 0 Å². The maximum atomic E-state index is 11.3. The standard InChI is InChI=1S/C12H20N2O/c1-3-10(4-2)13-9-5-6-12(15)14-11-7-8-11/h1,10-11,13H,4-9H2,2H3,(H,14,15). The monoisotopic (exact) mass is 208 g/mol. The molecule has 0 aromatic carbocycles. The molecule has 1 unspecified atom stereocenters. The first kappa shape index (κ1) is 12.1. The molecule has 3 heteroatoms. The van der Waals surface area contributed by atoms with Gasteiger partial charge in [-0.1, -0.05) is 12.8 Å². The SMILES string of the molecule is C#CC(CC)NCCCC(=O)NC1CC1. The lowest BCUT2D eigenvalue weighted by Gasteiger charge is -2.09. The Morgan fingerprint density at radius 2 is 2.33 bits per heavy atom. The van der Waals surface area contributed by atoms with Crippen molar-refractivity contribution < 1.29 is 4.79 Å². The van der Waals surface area contributed by atoms with Gasteiger partial charge < -0.3 is 10.6 Å². The number of rotatable bonds is 7. The first-order valence-corrected chi connectivity index (χ1v) is 5.75. The lowest BCUT2D eigenvalue weighted by Crippen LogP contribution is -2.30. The minimum Gasteiger partial charge on any atom is -0.353 e. The molecule has 2 N–H and O–H groups in total. The van der Waals surface area contributed by atoms with E-state index in [2.05, 4.69) is 23.5 Å². The van der Waals surface area contributed by atoms with E-state index in [-0.39, 0.29) is 11.9 Å². The molecule has 15 heavy (non-hydrogen) atoms. The van der Waals surface area contributed by atoms with Crippen LogP contribution in [0.1, 0.15) is 39.0 Å². The Balaban J connectivity index is 1.95. The molecule has 1 aliphatic rings. The van der Waals surface area contributed by atoms with Crippen LogP contribution < -0.4 is 10.6 Å². The lowest BCUT2D eigenvalue weighted by molar-refractivity contribution is -0.121. The van der Waals surface area contributed by atoms with Crippen molar-refractivity contribution >= 4 is 5.91 Å². The summed E-state index contributed by atoms with van der Waals surface area (Å²) in [4.78, 5) is 11.3. The molecule has 0 aromatic heterocycles. The second-order valence-electron chi connectivity index (χ2n) is 4.03. The molecule has 0 heterocycles. The average Bonchev–Trinajstić information content (AvgIpc) is 3.02. The summed E-state index contributed by atoms with van der Waals surface area (Å²) in [5, 5.41) is 6.19. The van der Waals surface area contributed by atoms with Crippen LogP contribution in [0.15, 0.2) is 0 Å². The highest BCUT2D eigenvalue weighted by molar-refractivity contribution is 5.76. The quantitative estimate of drug-likeness (QED) is 0.485. The van der Waals surface area contributed by atoms with E-state index in [1.165, 1.54) is 0 Å². The number of nitrogens with one attached hydrogen (secondary N) is 2. The third kappa shape index (κ3) is 5.44. The molecule has 0 aromatic rings. The van der Waals surface area contributed by atoms with Crippen LogP contribution in [-0.4, -0.2) is 24.5 Å². The van der Waals surface area contributed by atoms with E-state index in [1.807, 2.05) is 0 Å². The van der Waals surface area contributed by atoms with Gasteiger partial charge in [-0.2, -0.15) is 0 Å². The van der Waals surface area contributed by atoms with E-state index in [1.54, 1.807) is 0 Å². The molecule has 0 bridgehead atoms. The second-order valence-corrected chi connectivity index (χ2v) is 4.03. The van der Waals surface area contributed by atoms with E-state index in [0.29, 0.717) is 12.5 Å². The van der Waals surface area contributed by atoms with E-state index in [4.69, 9.17) is 6.42 Å². The van der Waals surface area contributed by atoms with Crippen molar-refractivity contribution in [3.63, 3.8) is 0 Å². The Bertz CT molecular complexity index is 240. The minimum absolute atomic E-state index is 0.150. The molecule has 1 rings (SSSR count). The number of amides is 1. The number of carbonyl (C=O) groups excluding carboxylic acids is 1. The zero-order valence-electron chi connectivity index (χ0n) is 9.38. The van der Waals surface area contributed by atoms with Gasteiger partial charge in [-0.25, -0.2) is 0 Å². The zero-order valence-corrected chi connectivity index (χ0v) is 9.38. The smallest absolute Gasteiger partial charge is 0.220 e. The Hall–Kier alpha value is -1.01. The van der Waals surface area contributed by atoms with Gasteiger partial charge >= 0.3 is 0 Å². The topological polar surface area (TPSA) is 41.1 Å². The van der Waals surface area contributed by atoms with Crippen molar-refractivity contribution in [3.8, 4) is 12.3 Å². The van der Waals surface area contributed by atoms with Gasteiger partial charge in [0.15, 0.2) is 0 Å². The predicted molar refractivity (Wildman–Crippen MR) is 61.3 cm³/mol. The van der Waals surface area contributed by atoms with Crippen LogP contribution in [0.5, 0.6) is 0 Å². The summed E-state index contributed by atoms with van der Waals surface area (Å²) in [7, 11) is 0. The molecule has 1 atom stereocenters. The molecular formula is C12H20N2O. The molecule has 0 aliphatic heterocycles. The van der Waals surface area contributed by atoms with E-state index in [0.717, 1.165) is 32.2 Å². The fourth-order valence-corrected chi connectivity index (χ4v) is 1.37. The number of hydrogen-bond acceptors (Lipinski definition) is 2. The molecular weight excluding hydrogens is 188 g/mol. The number of carbonyl (C=O) groups is 1. The zero-order chi connectivity index (χ0) is 11.1. The Kier molecular flexibility index (Phi) is 5.20. The molecule has 1 fully saturated rings. The van der Waals surface area contributed by atoms with Crippen LogP contribution >= 0.6 is 0 Å². The largest absolute Gasteiger partial charge is 0.353 e. The van der Waals surface area contributed by atoms with E-state index in [9.17, 15) is 4.79 Å². The van der Waals surface area contributed by atoms with Gasteiger partial charge in [0.25, 0.3) is 0 Å². The third-order valence-corrected chi connectivity index (χ3v) is 2.52. The summed E-state index contributed by atoms with van der Waals surface area (Å²) in [6.45, 7) is 2.87. The summed E-state index contributed by atoms with van der Waals surface area (Å²) >= 11 is 0. The number of terminal acetylenes is 1. The molecule has 3 nitrogen and oxygen atoms in total. The molecule has 84 valence electrons. The van der Waals surface area contributed by atoms with Crippen molar-refractivity contribution in [2.75, 3.05) is 6.54 Å². The first-order chi connectivity index (χ1) is 7.26. The second kappa shape index (κ2) is 6.47. The number of hydrogen-bond donors (Lipinski definition) is 2. The highest BCUT2D eigenvalue weighted by atomic mass is 16.1. The third-order valence-electron chi connectivity index (χ3n) is 2.52. The van der Waals surface area contributed by atoms with Gasteiger partial charge in [-0.05, 0) is 32.2 Å². The maximum absolute atomic E-state index is 11.3. The van der Waals surface area contributed by atoms with Crippen molar-refractivity contribution in [2.45, 2.75) is 51.1 Å². The van der Waals surface area contributed by atoms with Crippen molar-refractivity contribution in [1.29, 1.82) is 0 Å². The first-order valence-electron chi connectivity index (χ1n) is 5.75. The molecule has 1 saturated carbocycles. The minimum atomic E-state index is 0.150. The van der Waals surface area contributed by atoms with Gasteiger partial charge in [0.05, 0.1) is 6.04 Å². The van der Waals surface area contributed by atoms with Crippen LogP contribution in [0.2, 0.25) is 0 Å². The van der Waals surface area contributed by atoms with E-state index >= 15 is 0 Å². The molecule has 0 saturated heterocycles. The molecule has 1 amide bonds. The van der Waals surface area contributed by atoms with Crippen LogP contribution in [-0.2, 0) is 4.79 Å². The van der Waals surface area contributed by atoms with Crippen LogP contribution in [0, 0.1) is 12.3 Å². The lowest BCUT2D eigenvalue weighted by atomic mass is 10.2. The average molecular weight is 208 g/mol. The highest BCUT2D eigenvalue weighted by Gasteiger charge is 2.22. The van der Waals surface area contributed by atoms with Gasteiger partial charge in [-0.3, -0.25) is 4.79 Å². The van der Waals surface area contributed by atoms with Crippen LogP contribution in [0.25, 0.3) is 0 Å². The van der Waals surface area contributed by atoms with Gasteiger partial charge in [0.1, 0.15) is 0 Å². The summed E-state index contributed by atoms with van der Waals surface area (Å²) in [6.07, 6.45) is 10.0. The Labute approximate surface area is 92.0 Å². The molecule has 1 aliphatic carbocycles. The Morgan fingerprint density at radius 3 is 2.87 bits per heavy atom. The normalized spacial score (nSPS) is 16.8. The summed E-state index contributed by atoms with van der Waals surface area (Å²) in [6, 6.07) is 0.621. The van der Waals surface area contributed by atoms with Gasteiger partial charge in [-0.15, -0.1) is 6.42 Å². The molecule has 0 radical (unpaired) electrons. The van der Waals surface area contributed by atoms with Crippen molar-refractivity contribution in [1.82, 2.24) is 10.6 Å². The summed E-state index contributed by atoms with van der Waals surface area (Å²) in [5.41, 5.74) is 0. The van der Waals surface area contributed by atoms with Crippen molar-refractivity contribution in [3.05, 3.63) is 0 Å². The van der Waals surface area contributed by atoms with E-state index < -0.39 is 0 Å². The highest BCUT2D eigenvalue weighted by Crippen LogP contribution is 2.18. The summed E-state index contributed by atoms with van der Waals surface area (Å²) < 4.78 is 0. The maximum Gasteiger partial charge on any atom is 0.220 e. The Morgan fingerprint density at radius 1 is 1.60 bits per heavy atom. The van der Waals surface area contributed by atoms with Crippen LogP contribution in [0.3, 0.4) is 0 Å². The van der Waals surface area contributed by atoms with Crippen LogP contribution in [0.4, 0.5) is 0 Å². The fourth-order valence-electron chi connectivity index (χ4n) is 1.37. The fraction of sp³-hybridized carbons (Fsp3) is 0.750. The van der Waals surface area contributed by atoms with Gasteiger partial charge in [0, 0.05) is 12.5 Å².